The van der Waals surface area contributed by atoms with Crippen LogP contribution in [0.5, 0.6) is 0 Å². The van der Waals surface area contributed by atoms with E-state index in [9.17, 15) is 4.79 Å². The largest absolute Gasteiger partial charge is 0.323 e. The first-order chi connectivity index (χ1) is 7.49. The van der Waals surface area contributed by atoms with Crippen molar-refractivity contribution in [1.82, 2.24) is 15.1 Å². The van der Waals surface area contributed by atoms with Gasteiger partial charge in [0.1, 0.15) is 0 Å². The number of nitrogens with zero attached hydrogens (tertiary/aromatic N) is 2. The number of carbonyl (C=O) groups is 1. The minimum atomic E-state index is 0.0178. The molecule has 0 aliphatic carbocycles. The van der Waals surface area contributed by atoms with Crippen molar-refractivity contribution in [2.24, 2.45) is 7.05 Å². The molecule has 1 rings (SSSR count). The van der Waals surface area contributed by atoms with Crippen molar-refractivity contribution < 1.29 is 4.79 Å². The van der Waals surface area contributed by atoms with Gasteiger partial charge in [0.25, 0.3) is 0 Å². The van der Waals surface area contributed by atoms with Gasteiger partial charge in [-0.1, -0.05) is 13.8 Å². The van der Waals surface area contributed by atoms with E-state index in [1.807, 2.05) is 20.2 Å². The molecule has 0 saturated carbocycles. The van der Waals surface area contributed by atoms with Gasteiger partial charge < -0.3 is 10.6 Å². The Hall–Kier alpha value is -1.36. The molecule has 0 atom stereocenters. The Labute approximate surface area is 96.2 Å². The zero-order valence-corrected chi connectivity index (χ0v) is 10.4. The van der Waals surface area contributed by atoms with Crippen molar-refractivity contribution in [3.05, 3.63) is 11.9 Å². The van der Waals surface area contributed by atoms with Crippen molar-refractivity contribution >= 4 is 11.6 Å². The summed E-state index contributed by atoms with van der Waals surface area (Å²) in [6.07, 6.45) is 2.29. The highest BCUT2D eigenvalue weighted by Crippen LogP contribution is 2.11. The highest BCUT2D eigenvalue weighted by Gasteiger charge is 2.07. The lowest BCUT2D eigenvalue weighted by atomic mass is 10.3. The summed E-state index contributed by atoms with van der Waals surface area (Å²) < 4.78 is 1.69. The Balaban J connectivity index is 2.37. The van der Waals surface area contributed by atoms with E-state index in [1.54, 1.807) is 4.68 Å². The predicted octanol–water partition coefficient (Wildman–Crippen LogP) is 1.06. The van der Waals surface area contributed by atoms with Crippen molar-refractivity contribution in [1.29, 1.82) is 0 Å². The molecule has 1 amide bonds. The molecule has 0 bridgehead atoms. The fourth-order valence-corrected chi connectivity index (χ4v) is 1.41. The summed E-state index contributed by atoms with van der Waals surface area (Å²) in [5.41, 5.74) is 1.63. The number of anilines is 1. The third kappa shape index (κ3) is 4.02. The number of hydrogen-bond donors (Lipinski definition) is 2. The summed E-state index contributed by atoms with van der Waals surface area (Å²) in [4.78, 5) is 11.6. The second-order valence-corrected chi connectivity index (χ2v) is 4.21. The molecule has 90 valence electrons. The van der Waals surface area contributed by atoms with Gasteiger partial charge in [0.15, 0.2) is 0 Å². The van der Waals surface area contributed by atoms with E-state index in [0.29, 0.717) is 19.0 Å². The van der Waals surface area contributed by atoms with Crippen molar-refractivity contribution in [3.8, 4) is 0 Å². The van der Waals surface area contributed by atoms with E-state index in [2.05, 4.69) is 29.6 Å². The van der Waals surface area contributed by atoms with Gasteiger partial charge in [-0.05, 0) is 6.92 Å². The Morgan fingerprint density at radius 2 is 2.25 bits per heavy atom. The quantitative estimate of drug-likeness (QED) is 0.786. The number of hydrogen-bond acceptors (Lipinski definition) is 3. The molecular formula is C11H20N4O. The van der Waals surface area contributed by atoms with Gasteiger partial charge in [-0.25, -0.2) is 0 Å². The average molecular weight is 224 g/mol. The van der Waals surface area contributed by atoms with Gasteiger partial charge in [-0.2, -0.15) is 5.10 Å². The van der Waals surface area contributed by atoms with Crippen LogP contribution in [0.2, 0.25) is 0 Å². The molecule has 0 radical (unpaired) electrons. The molecule has 5 heteroatoms. The number of aryl methyl sites for hydroxylation is 2. The first kappa shape index (κ1) is 12.7. The van der Waals surface area contributed by atoms with Crippen LogP contribution in [0.3, 0.4) is 0 Å². The summed E-state index contributed by atoms with van der Waals surface area (Å²) in [6.45, 7) is 6.69. The zero-order valence-electron chi connectivity index (χ0n) is 10.4. The molecular weight excluding hydrogens is 204 g/mol. The van der Waals surface area contributed by atoms with Gasteiger partial charge in [0.2, 0.25) is 5.91 Å². The van der Waals surface area contributed by atoms with E-state index < -0.39 is 0 Å². The number of aromatic nitrogens is 2. The van der Waals surface area contributed by atoms with Crippen LogP contribution in [0.1, 0.15) is 26.0 Å². The molecule has 0 spiro atoms. The topological polar surface area (TPSA) is 59.0 Å². The standard InChI is InChI=1S/C11H20N4O/c1-8(2)12-6-5-11(16)13-10-7-15(4)14-9(10)3/h7-8,12H,5-6H2,1-4H3,(H,13,16). The molecule has 0 unspecified atom stereocenters. The maximum atomic E-state index is 11.6. The Morgan fingerprint density at radius 3 is 2.75 bits per heavy atom. The van der Waals surface area contributed by atoms with E-state index in [1.165, 1.54) is 0 Å². The number of rotatable bonds is 5. The minimum Gasteiger partial charge on any atom is -0.323 e. The summed E-state index contributed by atoms with van der Waals surface area (Å²) in [5, 5.41) is 10.2. The molecule has 0 aliphatic rings. The van der Waals surface area contributed by atoms with E-state index in [4.69, 9.17) is 0 Å². The average Bonchev–Trinajstić information content (AvgIpc) is 2.44. The molecule has 0 aromatic carbocycles. The van der Waals surface area contributed by atoms with Crippen LogP contribution >= 0.6 is 0 Å². The van der Waals surface area contributed by atoms with Gasteiger partial charge in [-0.3, -0.25) is 9.48 Å². The normalized spacial score (nSPS) is 10.8. The molecule has 0 fully saturated rings. The van der Waals surface area contributed by atoms with E-state index >= 15 is 0 Å². The third-order valence-corrected chi connectivity index (χ3v) is 2.19. The van der Waals surface area contributed by atoms with Crippen molar-refractivity contribution in [3.63, 3.8) is 0 Å². The minimum absolute atomic E-state index is 0.0178. The second-order valence-electron chi connectivity index (χ2n) is 4.21. The lowest BCUT2D eigenvalue weighted by Crippen LogP contribution is -2.27. The van der Waals surface area contributed by atoms with Crippen LogP contribution in [0.25, 0.3) is 0 Å². The van der Waals surface area contributed by atoms with Crippen LogP contribution in [0.4, 0.5) is 5.69 Å². The lowest BCUT2D eigenvalue weighted by molar-refractivity contribution is -0.116. The number of carbonyl (C=O) groups excluding carboxylic acids is 1. The van der Waals surface area contributed by atoms with Gasteiger partial charge in [-0.15, -0.1) is 0 Å². The molecule has 2 N–H and O–H groups in total. The molecule has 5 nitrogen and oxygen atoms in total. The smallest absolute Gasteiger partial charge is 0.225 e. The van der Waals surface area contributed by atoms with Crippen molar-refractivity contribution in [2.45, 2.75) is 33.2 Å². The Bertz CT molecular complexity index is 357. The SMILES string of the molecule is Cc1nn(C)cc1NC(=O)CCNC(C)C. The summed E-state index contributed by atoms with van der Waals surface area (Å²) in [6, 6.07) is 0.410. The molecule has 0 saturated heterocycles. The van der Waals surface area contributed by atoms with E-state index in [-0.39, 0.29) is 5.91 Å². The van der Waals surface area contributed by atoms with Crippen LogP contribution in [-0.2, 0) is 11.8 Å². The van der Waals surface area contributed by atoms with Gasteiger partial charge >= 0.3 is 0 Å². The summed E-state index contributed by atoms with van der Waals surface area (Å²) in [7, 11) is 1.84. The maximum Gasteiger partial charge on any atom is 0.225 e. The number of amides is 1. The highest BCUT2D eigenvalue weighted by molar-refractivity contribution is 5.91. The van der Waals surface area contributed by atoms with Crippen LogP contribution < -0.4 is 10.6 Å². The first-order valence-corrected chi connectivity index (χ1v) is 5.52. The van der Waals surface area contributed by atoms with Gasteiger partial charge in [0, 0.05) is 32.3 Å². The highest BCUT2D eigenvalue weighted by atomic mass is 16.1. The van der Waals surface area contributed by atoms with Crippen molar-refractivity contribution in [2.75, 3.05) is 11.9 Å². The predicted molar refractivity (Wildman–Crippen MR) is 64.3 cm³/mol. The van der Waals surface area contributed by atoms with Gasteiger partial charge in [0.05, 0.1) is 11.4 Å². The molecule has 1 aromatic rings. The second kappa shape index (κ2) is 5.65. The molecule has 0 aliphatic heterocycles. The van der Waals surface area contributed by atoms with Crippen LogP contribution in [0.15, 0.2) is 6.20 Å². The fourth-order valence-electron chi connectivity index (χ4n) is 1.41. The maximum absolute atomic E-state index is 11.6. The Morgan fingerprint density at radius 1 is 1.56 bits per heavy atom. The third-order valence-electron chi connectivity index (χ3n) is 2.19. The zero-order chi connectivity index (χ0) is 12.1. The van der Waals surface area contributed by atoms with Crippen LogP contribution in [0, 0.1) is 6.92 Å². The summed E-state index contributed by atoms with van der Waals surface area (Å²) >= 11 is 0. The Kier molecular flexibility index (Phi) is 4.49. The lowest BCUT2D eigenvalue weighted by Gasteiger charge is -2.07. The molecule has 1 aromatic heterocycles. The fraction of sp³-hybridized carbons (Fsp3) is 0.636. The molecule has 16 heavy (non-hydrogen) atoms. The first-order valence-electron chi connectivity index (χ1n) is 5.52. The number of nitrogens with one attached hydrogen (secondary N) is 2. The molecule has 1 heterocycles. The van der Waals surface area contributed by atoms with E-state index in [0.717, 1.165) is 11.4 Å². The van der Waals surface area contributed by atoms with Crippen LogP contribution in [-0.4, -0.2) is 28.3 Å². The monoisotopic (exact) mass is 224 g/mol. The summed E-state index contributed by atoms with van der Waals surface area (Å²) in [5.74, 6) is 0.0178.